The Morgan fingerprint density at radius 1 is 1.23 bits per heavy atom. The van der Waals surface area contributed by atoms with Crippen LogP contribution in [0.15, 0.2) is 23.8 Å². The van der Waals surface area contributed by atoms with E-state index in [0.717, 1.165) is 10.9 Å². The van der Waals surface area contributed by atoms with Crippen LogP contribution in [0.1, 0.15) is 19.3 Å². The lowest BCUT2D eigenvalue weighted by Crippen LogP contribution is -3.00. The predicted octanol–water partition coefficient (Wildman–Crippen LogP) is -0.637. The minimum absolute atomic E-state index is 0. The summed E-state index contributed by atoms with van der Waals surface area (Å²) < 4.78 is 1.07. The molecular weight excluding hydrogens is 273 g/mol. The van der Waals surface area contributed by atoms with Gasteiger partial charge in [-0.2, -0.15) is 0 Å². The third-order valence-corrected chi connectivity index (χ3v) is 2.19. The molecule has 0 aromatic heterocycles. The van der Waals surface area contributed by atoms with Gasteiger partial charge in [-0.15, -0.1) is 0 Å². The zero-order valence-corrected chi connectivity index (χ0v) is 11.0. The van der Waals surface area contributed by atoms with E-state index in [1.807, 2.05) is 0 Å². The van der Waals surface area contributed by atoms with E-state index < -0.39 is 0 Å². The third-order valence-electron chi connectivity index (χ3n) is 2.19. The lowest BCUT2D eigenvalue weighted by molar-refractivity contribution is -0.870. The van der Waals surface area contributed by atoms with Gasteiger partial charge in [-0.3, -0.25) is 0 Å². The van der Waals surface area contributed by atoms with Crippen LogP contribution < -0.4 is 24.0 Å². The average molecular weight is 293 g/mol. The van der Waals surface area contributed by atoms with Crippen LogP contribution in [0.3, 0.4) is 0 Å². The topological polar surface area (TPSA) is 0 Å². The van der Waals surface area contributed by atoms with Crippen molar-refractivity contribution < 1.29 is 28.5 Å². The van der Waals surface area contributed by atoms with E-state index in [4.69, 9.17) is 0 Å². The number of rotatable bonds is 3. The van der Waals surface area contributed by atoms with E-state index in [0.29, 0.717) is 0 Å². The van der Waals surface area contributed by atoms with Gasteiger partial charge in [0.25, 0.3) is 0 Å². The number of halogens is 1. The smallest absolute Gasteiger partial charge is 0.0818 e. The predicted molar refractivity (Wildman–Crippen MR) is 54.0 cm³/mol. The summed E-state index contributed by atoms with van der Waals surface area (Å²) >= 11 is 0. The van der Waals surface area contributed by atoms with Gasteiger partial charge in [0.1, 0.15) is 0 Å². The molecule has 0 spiro atoms. The number of hydrogen-bond acceptors (Lipinski definition) is 0. The first-order chi connectivity index (χ1) is 5.58. The average Bonchev–Trinajstić information content (AvgIpc) is 2.02. The zero-order valence-electron chi connectivity index (χ0n) is 8.89. The summed E-state index contributed by atoms with van der Waals surface area (Å²) in [5, 5.41) is 0. The molecule has 0 heterocycles. The number of quaternary nitrogens is 1. The van der Waals surface area contributed by atoms with Crippen molar-refractivity contribution in [2.75, 3.05) is 27.7 Å². The first kappa shape index (κ1) is 13.2. The van der Waals surface area contributed by atoms with E-state index in [2.05, 4.69) is 39.4 Å². The van der Waals surface area contributed by atoms with E-state index in [1.54, 1.807) is 5.57 Å². The van der Waals surface area contributed by atoms with Gasteiger partial charge < -0.3 is 28.5 Å². The fourth-order valence-corrected chi connectivity index (χ4v) is 1.33. The highest BCUT2D eigenvalue weighted by molar-refractivity contribution is 5.14. The summed E-state index contributed by atoms with van der Waals surface area (Å²) in [6.45, 7) is 1.25. The summed E-state index contributed by atoms with van der Waals surface area (Å²) in [6, 6.07) is 0. The Bertz CT molecular complexity index is 199. The van der Waals surface area contributed by atoms with Crippen molar-refractivity contribution in [3.8, 4) is 0 Å². The van der Waals surface area contributed by atoms with Crippen LogP contribution in [0.2, 0.25) is 0 Å². The van der Waals surface area contributed by atoms with Crippen LogP contribution in [-0.4, -0.2) is 32.2 Å². The van der Waals surface area contributed by atoms with E-state index in [1.165, 1.54) is 19.4 Å². The maximum Gasteiger partial charge on any atom is 0.0818 e. The van der Waals surface area contributed by atoms with E-state index >= 15 is 0 Å². The molecular formula is C11H20IN. The molecule has 0 unspecified atom stereocenters. The molecule has 0 bridgehead atoms. The highest BCUT2D eigenvalue weighted by Crippen LogP contribution is 2.15. The fourth-order valence-electron chi connectivity index (χ4n) is 1.33. The molecule has 0 saturated carbocycles. The number of allylic oxidation sites excluding steroid dienone is 3. The van der Waals surface area contributed by atoms with Gasteiger partial charge in [0.15, 0.2) is 0 Å². The highest BCUT2D eigenvalue weighted by atomic mass is 127. The van der Waals surface area contributed by atoms with Crippen LogP contribution in [0.5, 0.6) is 0 Å². The van der Waals surface area contributed by atoms with Crippen molar-refractivity contribution in [3.63, 3.8) is 0 Å². The largest absolute Gasteiger partial charge is 1.00 e. The van der Waals surface area contributed by atoms with Crippen LogP contribution in [0, 0.1) is 0 Å². The SMILES string of the molecule is C[N+](C)(C)CCC1=CCC=CC1.[I-]. The maximum absolute atomic E-state index is 2.37. The van der Waals surface area contributed by atoms with Crippen molar-refractivity contribution in [2.45, 2.75) is 19.3 Å². The minimum atomic E-state index is 0. The van der Waals surface area contributed by atoms with E-state index in [-0.39, 0.29) is 24.0 Å². The lowest BCUT2D eigenvalue weighted by Gasteiger charge is -2.24. The van der Waals surface area contributed by atoms with Gasteiger partial charge in [-0.05, 0) is 12.8 Å². The third kappa shape index (κ3) is 6.27. The van der Waals surface area contributed by atoms with Crippen LogP contribution in [-0.2, 0) is 0 Å². The molecule has 13 heavy (non-hydrogen) atoms. The van der Waals surface area contributed by atoms with Crippen LogP contribution in [0.4, 0.5) is 0 Å². The van der Waals surface area contributed by atoms with Crippen LogP contribution >= 0.6 is 0 Å². The van der Waals surface area contributed by atoms with Crippen molar-refractivity contribution in [3.05, 3.63) is 23.8 Å². The highest BCUT2D eigenvalue weighted by Gasteiger charge is 2.08. The second-order valence-corrected chi connectivity index (χ2v) is 4.54. The monoisotopic (exact) mass is 293 g/mol. The molecule has 1 aliphatic carbocycles. The first-order valence-corrected chi connectivity index (χ1v) is 4.71. The minimum Gasteiger partial charge on any atom is -1.00 e. The normalized spacial score (nSPS) is 16.4. The lowest BCUT2D eigenvalue weighted by atomic mass is 10.0. The summed E-state index contributed by atoms with van der Waals surface area (Å²) in [4.78, 5) is 0. The fraction of sp³-hybridized carbons (Fsp3) is 0.636. The summed E-state index contributed by atoms with van der Waals surface area (Å²) in [6.07, 6.45) is 10.5. The molecule has 1 rings (SSSR count). The molecule has 0 fully saturated rings. The molecule has 0 N–H and O–H groups in total. The molecule has 2 heteroatoms. The van der Waals surface area contributed by atoms with Crippen LogP contribution in [0.25, 0.3) is 0 Å². The van der Waals surface area contributed by atoms with Crippen molar-refractivity contribution in [1.82, 2.24) is 0 Å². The Balaban J connectivity index is 0.00000144. The zero-order chi connectivity index (χ0) is 9.03. The van der Waals surface area contributed by atoms with Crippen molar-refractivity contribution in [1.29, 1.82) is 0 Å². The Morgan fingerprint density at radius 3 is 2.38 bits per heavy atom. The first-order valence-electron chi connectivity index (χ1n) is 4.71. The maximum atomic E-state index is 2.37. The molecule has 76 valence electrons. The molecule has 0 radical (unpaired) electrons. The van der Waals surface area contributed by atoms with Gasteiger partial charge in [0.05, 0.1) is 27.7 Å². The molecule has 0 aliphatic heterocycles. The van der Waals surface area contributed by atoms with Crippen molar-refractivity contribution >= 4 is 0 Å². The second kappa shape index (κ2) is 5.81. The molecule has 1 nitrogen and oxygen atoms in total. The summed E-state index contributed by atoms with van der Waals surface area (Å²) in [7, 11) is 6.75. The molecule has 0 saturated heterocycles. The van der Waals surface area contributed by atoms with E-state index in [9.17, 15) is 0 Å². The molecule has 1 aliphatic rings. The summed E-state index contributed by atoms with van der Waals surface area (Å²) in [5.41, 5.74) is 1.62. The van der Waals surface area contributed by atoms with Crippen molar-refractivity contribution in [2.24, 2.45) is 0 Å². The standard InChI is InChI=1S/C11H20N.HI/c1-12(2,3)10-9-11-7-5-4-6-8-11;/h4-5,8H,6-7,9-10H2,1-3H3;1H/q+1;/p-1. The Hall–Kier alpha value is 0.170. The number of hydrogen-bond donors (Lipinski definition) is 0. The van der Waals surface area contributed by atoms with Gasteiger partial charge >= 0.3 is 0 Å². The van der Waals surface area contributed by atoms with Gasteiger partial charge in [-0.1, -0.05) is 23.8 Å². The molecule has 0 atom stereocenters. The summed E-state index contributed by atoms with van der Waals surface area (Å²) in [5.74, 6) is 0. The Morgan fingerprint density at radius 2 is 1.92 bits per heavy atom. The second-order valence-electron chi connectivity index (χ2n) is 4.54. The Kier molecular flexibility index (Phi) is 5.88. The van der Waals surface area contributed by atoms with Gasteiger partial charge in [-0.25, -0.2) is 0 Å². The number of nitrogens with zero attached hydrogens (tertiary/aromatic N) is 1. The van der Waals surface area contributed by atoms with Gasteiger partial charge in [0.2, 0.25) is 0 Å². The molecule has 0 aromatic rings. The Labute approximate surface area is 99.1 Å². The van der Waals surface area contributed by atoms with Gasteiger partial charge in [0, 0.05) is 6.42 Å². The quantitative estimate of drug-likeness (QED) is 0.369. The molecule has 0 aromatic carbocycles. The molecule has 0 amide bonds.